The molecule has 0 aromatic rings. The molecule has 0 saturated carbocycles. The van der Waals surface area contributed by atoms with Gasteiger partial charge in [0.05, 0.1) is 5.76 Å². The molecule has 11 heavy (non-hydrogen) atoms. The molecule has 0 unspecified atom stereocenters. The van der Waals surface area contributed by atoms with Gasteiger partial charge in [-0.25, -0.2) is 0 Å². The zero-order valence-electron chi connectivity index (χ0n) is 7.05. The Balaban J connectivity index is 3.45. The predicted molar refractivity (Wildman–Crippen MR) is 44.3 cm³/mol. The normalized spacial score (nSPS) is 9.73. The van der Waals surface area contributed by atoms with Crippen molar-refractivity contribution in [3.05, 3.63) is 12.3 Å². The molecule has 0 rings (SSSR count). The molecule has 3 heteroatoms. The maximum atomic E-state index is 10.9. The van der Waals surface area contributed by atoms with Gasteiger partial charge >= 0.3 is 0 Å². The van der Waals surface area contributed by atoms with Crippen LogP contribution in [0, 0.1) is 0 Å². The Kier molecular flexibility index (Phi) is 4.34. The van der Waals surface area contributed by atoms with Crippen LogP contribution in [0.25, 0.3) is 0 Å². The molecule has 0 bridgehead atoms. The molecule has 0 fully saturated rings. The Morgan fingerprint density at radius 1 is 1.55 bits per heavy atom. The lowest BCUT2D eigenvalue weighted by molar-refractivity contribution is -0.121. The van der Waals surface area contributed by atoms with Crippen LogP contribution in [0.1, 0.15) is 26.7 Å². The number of aliphatic hydroxyl groups excluding tert-OH is 1. The molecule has 0 aliphatic carbocycles. The fraction of sp³-hybridized carbons (Fsp3) is 0.625. The van der Waals surface area contributed by atoms with Crippen molar-refractivity contribution >= 4 is 5.91 Å². The third-order valence-electron chi connectivity index (χ3n) is 1.09. The molecule has 0 atom stereocenters. The van der Waals surface area contributed by atoms with Crippen LogP contribution in [0.3, 0.4) is 0 Å². The van der Waals surface area contributed by atoms with E-state index in [9.17, 15) is 4.79 Å². The highest BCUT2D eigenvalue weighted by Gasteiger charge is 2.02. The lowest BCUT2D eigenvalue weighted by Gasteiger charge is -2.06. The second-order valence-corrected chi connectivity index (χ2v) is 2.79. The van der Waals surface area contributed by atoms with Crippen molar-refractivity contribution in [3.8, 4) is 0 Å². The highest BCUT2D eigenvalue weighted by Crippen LogP contribution is 1.97. The van der Waals surface area contributed by atoms with Gasteiger partial charge in [0.1, 0.15) is 0 Å². The maximum absolute atomic E-state index is 10.9. The first-order valence-corrected chi connectivity index (χ1v) is 3.68. The van der Waals surface area contributed by atoms with Gasteiger partial charge in [0.2, 0.25) is 5.91 Å². The van der Waals surface area contributed by atoms with E-state index in [0.717, 1.165) is 0 Å². The topological polar surface area (TPSA) is 49.3 Å². The lowest BCUT2D eigenvalue weighted by Crippen LogP contribution is -2.29. The van der Waals surface area contributed by atoms with Crippen LogP contribution in [0.15, 0.2) is 12.3 Å². The van der Waals surface area contributed by atoms with Crippen LogP contribution < -0.4 is 5.32 Å². The van der Waals surface area contributed by atoms with E-state index in [2.05, 4.69) is 11.9 Å². The quantitative estimate of drug-likeness (QED) is 0.605. The van der Waals surface area contributed by atoms with E-state index >= 15 is 0 Å². The van der Waals surface area contributed by atoms with Gasteiger partial charge in [0, 0.05) is 18.9 Å². The molecule has 0 aliphatic rings. The second kappa shape index (κ2) is 4.77. The van der Waals surface area contributed by atoms with Crippen molar-refractivity contribution < 1.29 is 9.90 Å². The summed E-state index contributed by atoms with van der Waals surface area (Å²) in [7, 11) is 0. The minimum atomic E-state index is -0.0461. The number of carbonyl (C=O) groups is 1. The van der Waals surface area contributed by atoms with E-state index in [1.165, 1.54) is 0 Å². The molecule has 0 aromatic heterocycles. The highest BCUT2D eigenvalue weighted by molar-refractivity contribution is 5.76. The molecular weight excluding hydrogens is 142 g/mol. The summed E-state index contributed by atoms with van der Waals surface area (Å²) in [5, 5.41) is 11.4. The summed E-state index contributed by atoms with van der Waals surface area (Å²) in [5.41, 5.74) is 0. The summed E-state index contributed by atoms with van der Waals surface area (Å²) in [6.45, 7) is 7.07. The van der Waals surface area contributed by atoms with E-state index in [-0.39, 0.29) is 17.7 Å². The molecule has 0 radical (unpaired) electrons. The monoisotopic (exact) mass is 157 g/mol. The summed E-state index contributed by atoms with van der Waals surface area (Å²) < 4.78 is 0. The van der Waals surface area contributed by atoms with Crippen LogP contribution in [-0.4, -0.2) is 17.1 Å². The molecule has 0 aromatic carbocycles. The van der Waals surface area contributed by atoms with E-state index in [0.29, 0.717) is 12.8 Å². The van der Waals surface area contributed by atoms with Crippen molar-refractivity contribution in [1.29, 1.82) is 0 Å². The molecule has 64 valence electrons. The summed E-state index contributed by atoms with van der Waals surface area (Å²) in [6, 6.07) is 0.162. The minimum Gasteiger partial charge on any atom is -0.513 e. The zero-order chi connectivity index (χ0) is 8.85. The Labute approximate surface area is 67.1 Å². The van der Waals surface area contributed by atoms with Gasteiger partial charge in [0.15, 0.2) is 0 Å². The average Bonchev–Trinajstić information content (AvgIpc) is 1.82. The molecule has 1 amide bonds. The van der Waals surface area contributed by atoms with Crippen molar-refractivity contribution in [2.24, 2.45) is 0 Å². The zero-order valence-corrected chi connectivity index (χ0v) is 7.05. The van der Waals surface area contributed by atoms with E-state index in [1.807, 2.05) is 13.8 Å². The predicted octanol–water partition coefficient (Wildman–Crippen LogP) is 1.36. The standard InChI is InChI=1S/C8H15NO2/c1-6(2)9-8(11)5-4-7(3)10/h6,10H,3-5H2,1-2H3,(H,9,11). The molecule has 2 N–H and O–H groups in total. The highest BCUT2D eigenvalue weighted by atomic mass is 16.3. The van der Waals surface area contributed by atoms with Gasteiger partial charge in [0.25, 0.3) is 0 Å². The fourth-order valence-electron chi connectivity index (χ4n) is 0.652. The van der Waals surface area contributed by atoms with Crippen molar-refractivity contribution in [2.45, 2.75) is 32.7 Å². The number of allylic oxidation sites excluding steroid dienone is 1. The molecule has 0 heterocycles. The van der Waals surface area contributed by atoms with Crippen LogP contribution in [0.2, 0.25) is 0 Å². The van der Waals surface area contributed by atoms with Gasteiger partial charge in [-0.2, -0.15) is 0 Å². The molecule has 0 saturated heterocycles. The van der Waals surface area contributed by atoms with Crippen LogP contribution in [-0.2, 0) is 4.79 Å². The maximum Gasteiger partial charge on any atom is 0.220 e. The largest absolute Gasteiger partial charge is 0.513 e. The second-order valence-electron chi connectivity index (χ2n) is 2.79. The minimum absolute atomic E-state index is 0.0461. The first-order valence-electron chi connectivity index (χ1n) is 3.68. The number of hydrogen-bond donors (Lipinski definition) is 2. The van der Waals surface area contributed by atoms with Gasteiger partial charge < -0.3 is 10.4 Å². The molecule has 3 nitrogen and oxygen atoms in total. The summed E-state index contributed by atoms with van der Waals surface area (Å²) in [6.07, 6.45) is 0.659. The Morgan fingerprint density at radius 2 is 2.09 bits per heavy atom. The van der Waals surface area contributed by atoms with E-state index < -0.39 is 0 Å². The summed E-state index contributed by atoms with van der Waals surface area (Å²) in [4.78, 5) is 10.9. The summed E-state index contributed by atoms with van der Waals surface area (Å²) >= 11 is 0. The Bertz CT molecular complexity index is 152. The molecular formula is C8H15NO2. The van der Waals surface area contributed by atoms with Crippen LogP contribution in [0.4, 0.5) is 0 Å². The third kappa shape index (κ3) is 6.90. The SMILES string of the molecule is C=C(O)CCC(=O)NC(C)C. The number of aliphatic hydroxyl groups is 1. The van der Waals surface area contributed by atoms with Crippen molar-refractivity contribution in [1.82, 2.24) is 5.32 Å². The number of nitrogens with one attached hydrogen (secondary N) is 1. The average molecular weight is 157 g/mol. The van der Waals surface area contributed by atoms with E-state index in [4.69, 9.17) is 5.11 Å². The number of hydrogen-bond acceptors (Lipinski definition) is 2. The smallest absolute Gasteiger partial charge is 0.220 e. The third-order valence-corrected chi connectivity index (χ3v) is 1.09. The summed E-state index contributed by atoms with van der Waals surface area (Å²) in [5.74, 6) is 0.0131. The number of carbonyl (C=O) groups excluding carboxylic acids is 1. The lowest BCUT2D eigenvalue weighted by atomic mass is 10.2. The van der Waals surface area contributed by atoms with Gasteiger partial charge in [-0.15, -0.1) is 0 Å². The van der Waals surface area contributed by atoms with Crippen molar-refractivity contribution in [2.75, 3.05) is 0 Å². The number of amides is 1. The number of rotatable bonds is 4. The molecule has 0 spiro atoms. The molecule has 0 aliphatic heterocycles. The van der Waals surface area contributed by atoms with Gasteiger partial charge in [-0.05, 0) is 13.8 Å². The van der Waals surface area contributed by atoms with E-state index in [1.54, 1.807) is 0 Å². The first-order chi connectivity index (χ1) is 5.02. The van der Waals surface area contributed by atoms with Crippen molar-refractivity contribution in [3.63, 3.8) is 0 Å². The Hall–Kier alpha value is -0.990. The van der Waals surface area contributed by atoms with Gasteiger partial charge in [-0.3, -0.25) is 4.79 Å². The fourth-order valence-corrected chi connectivity index (χ4v) is 0.652. The first kappa shape index (κ1) is 10.0. The van der Waals surface area contributed by atoms with Crippen LogP contribution in [0.5, 0.6) is 0 Å². The van der Waals surface area contributed by atoms with Gasteiger partial charge in [-0.1, -0.05) is 6.58 Å². The Morgan fingerprint density at radius 3 is 2.45 bits per heavy atom. The van der Waals surface area contributed by atoms with Crippen LogP contribution >= 0.6 is 0 Å².